The predicted octanol–water partition coefficient (Wildman–Crippen LogP) is 1.84. The van der Waals surface area contributed by atoms with Crippen LogP contribution in [0.15, 0.2) is 43.2 Å². The van der Waals surface area contributed by atoms with E-state index in [4.69, 9.17) is 0 Å². The highest BCUT2D eigenvalue weighted by molar-refractivity contribution is 5.83. The maximum absolute atomic E-state index is 13.0. The van der Waals surface area contributed by atoms with E-state index in [0.717, 1.165) is 51.0 Å². The number of nitrogens with one attached hydrogen (secondary N) is 1. The third kappa shape index (κ3) is 4.04. The fourth-order valence-corrected chi connectivity index (χ4v) is 4.50. The zero-order valence-electron chi connectivity index (χ0n) is 16.4. The van der Waals surface area contributed by atoms with Gasteiger partial charge in [-0.1, -0.05) is 6.92 Å². The van der Waals surface area contributed by atoms with E-state index < -0.39 is 6.10 Å². The molecule has 3 atom stereocenters. The number of carbonyl (C=O) groups is 1. The zero-order valence-corrected chi connectivity index (χ0v) is 16.4. The van der Waals surface area contributed by atoms with Crippen LogP contribution in [0.2, 0.25) is 0 Å². The summed E-state index contributed by atoms with van der Waals surface area (Å²) < 4.78 is 2.04. The number of aromatic nitrogens is 3. The molecule has 0 aromatic carbocycles. The van der Waals surface area contributed by atoms with Gasteiger partial charge in [-0.2, -0.15) is 0 Å². The largest absolute Gasteiger partial charge is 0.391 e. The van der Waals surface area contributed by atoms with Crippen molar-refractivity contribution < 1.29 is 9.90 Å². The van der Waals surface area contributed by atoms with Crippen molar-refractivity contribution in [3.63, 3.8) is 0 Å². The molecule has 2 fully saturated rings. The quantitative estimate of drug-likeness (QED) is 0.823. The first-order chi connectivity index (χ1) is 13.5. The molecule has 0 radical (unpaired) electrons. The lowest BCUT2D eigenvalue weighted by atomic mass is 9.79. The second-order valence-electron chi connectivity index (χ2n) is 8.50. The Morgan fingerprint density at radius 2 is 1.96 bits per heavy atom. The number of rotatable bonds is 5. The Balaban J connectivity index is 1.31. The van der Waals surface area contributed by atoms with Crippen molar-refractivity contribution in [2.24, 2.45) is 11.3 Å². The molecule has 2 aromatic heterocycles. The topological polar surface area (TPSA) is 83.3 Å². The Labute approximate surface area is 165 Å². The second kappa shape index (κ2) is 7.91. The fourth-order valence-electron chi connectivity index (χ4n) is 4.50. The predicted molar refractivity (Wildman–Crippen MR) is 107 cm³/mol. The molecule has 7 heteroatoms. The van der Waals surface area contributed by atoms with E-state index in [1.54, 1.807) is 24.9 Å². The zero-order chi connectivity index (χ0) is 19.6. The normalized spacial score (nSPS) is 26.9. The molecular weight excluding hydrogens is 354 g/mol. The molecule has 1 saturated heterocycles. The summed E-state index contributed by atoms with van der Waals surface area (Å²) in [6.45, 7) is 4.59. The number of imidazole rings is 1. The third-order valence-electron chi connectivity index (χ3n) is 6.41. The number of aliphatic hydroxyl groups is 1. The maximum atomic E-state index is 13.0. The smallest absolute Gasteiger partial charge is 0.226 e. The second-order valence-corrected chi connectivity index (χ2v) is 8.50. The van der Waals surface area contributed by atoms with Gasteiger partial charge in [0.2, 0.25) is 5.91 Å². The third-order valence-corrected chi connectivity index (χ3v) is 6.41. The summed E-state index contributed by atoms with van der Waals surface area (Å²) in [5.41, 5.74) is 0.775. The number of pyridine rings is 1. The number of amides is 1. The number of piperidine rings is 1. The van der Waals surface area contributed by atoms with E-state index in [0.29, 0.717) is 5.92 Å². The van der Waals surface area contributed by atoms with Crippen LogP contribution in [-0.2, 0) is 11.3 Å². The first kappa shape index (κ1) is 18.9. The molecule has 1 aliphatic heterocycles. The van der Waals surface area contributed by atoms with Crippen LogP contribution in [0.25, 0.3) is 0 Å². The molecule has 1 unspecified atom stereocenters. The molecule has 1 amide bonds. The van der Waals surface area contributed by atoms with Gasteiger partial charge in [-0.05, 0) is 43.7 Å². The van der Waals surface area contributed by atoms with Crippen LogP contribution >= 0.6 is 0 Å². The minimum atomic E-state index is -0.474. The molecule has 3 heterocycles. The van der Waals surface area contributed by atoms with Gasteiger partial charge in [0.15, 0.2) is 0 Å². The average Bonchev–Trinajstić information content (AvgIpc) is 3.33. The summed E-state index contributed by atoms with van der Waals surface area (Å²) >= 11 is 0. The summed E-state index contributed by atoms with van der Waals surface area (Å²) in [4.78, 5) is 23.5. The lowest BCUT2D eigenvalue weighted by Crippen LogP contribution is -2.51. The van der Waals surface area contributed by atoms with E-state index in [-0.39, 0.29) is 17.4 Å². The Hall–Kier alpha value is -2.41. The van der Waals surface area contributed by atoms with Crippen LogP contribution in [0.1, 0.15) is 32.6 Å². The van der Waals surface area contributed by atoms with E-state index in [9.17, 15) is 9.90 Å². The van der Waals surface area contributed by atoms with Crippen molar-refractivity contribution in [3.8, 4) is 0 Å². The number of nitrogens with zero attached hydrogens (tertiary/aromatic N) is 4. The monoisotopic (exact) mass is 383 g/mol. The first-order valence-corrected chi connectivity index (χ1v) is 10.1. The highest BCUT2D eigenvalue weighted by Crippen LogP contribution is 2.34. The number of hydrogen-bond acceptors (Lipinski definition) is 5. The maximum Gasteiger partial charge on any atom is 0.226 e. The molecule has 0 bridgehead atoms. The Kier molecular flexibility index (Phi) is 5.35. The summed E-state index contributed by atoms with van der Waals surface area (Å²) in [5.74, 6) is 0.435. The van der Waals surface area contributed by atoms with E-state index in [1.807, 2.05) is 22.9 Å². The van der Waals surface area contributed by atoms with Crippen molar-refractivity contribution in [1.29, 1.82) is 0 Å². The van der Waals surface area contributed by atoms with Gasteiger partial charge in [-0.15, -0.1) is 0 Å². The first-order valence-electron chi connectivity index (χ1n) is 10.1. The molecule has 1 aliphatic carbocycles. The fraction of sp³-hybridized carbons (Fsp3) is 0.571. The van der Waals surface area contributed by atoms with Crippen molar-refractivity contribution in [1.82, 2.24) is 19.9 Å². The molecule has 150 valence electrons. The van der Waals surface area contributed by atoms with Crippen molar-refractivity contribution in [3.05, 3.63) is 43.2 Å². The van der Waals surface area contributed by atoms with Crippen molar-refractivity contribution in [2.45, 2.75) is 51.3 Å². The van der Waals surface area contributed by atoms with Crippen molar-refractivity contribution >= 4 is 11.6 Å². The average molecular weight is 383 g/mol. The molecule has 2 aromatic rings. The molecule has 28 heavy (non-hydrogen) atoms. The van der Waals surface area contributed by atoms with Crippen LogP contribution < -0.4 is 10.2 Å². The number of hydrogen-bond donors (Lipinski definition) is 2. The number of anilines is 1. The Morgan fingerprint density at radius 3 is 2.64 bits per heavy atom. The van der Waals surface area contributed by atoms with E-state index >= 15 is 0 Å². The van der Waals surface area contributed by atoms with Crippen LogP contribution in [0.5, 0.6) is 0 Å². The van der Waals surface area contributed by atoms with Crippen LogP contribution in [-0.4, -0.2) is 50.8 Å². The highest BCUT2D eigenvalue weighted by atomic mass is 16.3. The molecule has 1 saturated carbocycles. The lowest BCUT2D eigenvalue weighted by Gasteiger charge is -2.40. The highest BCUT2D eigenvalue weighted by Gasteiger charge is 2.41. The Bertz CT molecular complexity index is 771. The van der Waals surface area contributed by atoms with Gasteiger partial charge in [0, 0.05) is 55.5 Å². The molecule has 7 nitrogen and oxygen atoms in total. The van der Waals surface area contributed by atoms with Gasteiger partial charge in [-0.25, -0.2) is 4.98 Å². The minimum Gasteiger partial charge on any atom is -0.391 e. The Morgan fingerprint density at radius 1 is 1.21 bits per heavy atom. The molecular formula is C21H29N5O2. The molecule has 2 N–H and O–H groups in total. The molecule has 2 aliphatic rings. The molecule has 4 rings (SSSR count). The minimum absolute atomic E-state index is 0.0780. The van der Waals surface area contributed by atoms with Gasteiger partial charge in [0.25, 0.3) is 0 Å². The van der Waals surface area contributed by atoms with Gasteiger partial charge >= 0.3 is 0 Å². The number of carbonyl (C=O) groups excluding carboxylic acids is 1. The summed E-state index contributed by atoms with van der Waals surface area (Å²) in [5, 5.41) is 13.6. The van der Waals surface area contributed by atoms with Crippen molar-refractivity contribution in [2.75, 3.05) is 18.0 Å². The number of aliphatic hydroxyl groups excluding tert-OH is 1. The standard InChI is InChI=1S/C21H29N5O2/c1-21(4-9-26(10-5-21)17-2-6-22-7-3-17)20(28)24-18-12-16(13-19(18)27)14-25-11-8-23-15-25/h2-3,6-8,11,15-16,18-19,27H,4-5,9-10,12-14H2,1H3,(H,24,28)/t16?,18-,19-/m1/s1. The van der Waals surface area contributed by atoms with Crippen LogP contribution in [0, 0.1) is 11.3 Å². The van der Waals surface area contributed by atoms with Crippen LogP contribution in [0.3, 0.4) is 0 Å². The SMILES string of the molecule is CC1(C(=O)N[C@@H]2CC(Cn3ccnc3)C[C@H]2O)CCN(c2ccncc2)CC1. The van der Waals surface area contributed by atoms with Gasteiger partial charge < -0.3 is 19.9 Å². The van der Waals surface area contributed by atoms with Gasteiger partial charge in [-0.3, -0.25) is 9.78 Å². The van der Waals surface area contributed by atoms with E-state index in [1.165, 1.54) is 0 Å². The summed E-state index contributed by atoms with van der Waals surface area (Å²) in [6, 6.07) is 3.87. The summed E-state index contributed by atoms with van der Waals surface area (Å²) in [6.07, 6.45) is 11.8. The molecule has 0 spiro atoms. The van der Waals surface area contributed by atoms with Gasteiger partial charge in [0.1, 0.15) is 0 Å². The van der Waals surface area contributed by atoms with E-state index in [2.05, 4.69) is 27.1 Å². The van der Waals surface area contributed by atoms with Gasteiger partial charge in [0.05, 0.1) is 18.5 Å². The van der Waals surface area contributed by atoms with Crippen LogP contribution in [0.4, 0.5) is 5.69 Å². The lowest BCUT2D eigenvalue weighted by molar-refractivity contribution is -0.132. The summed E-state index contributed by atoms with van der Waals surface area (Å²) in [7, 11) is 0.